The van der Waals surface area contributed by atoms with Gasteiger partial charge in [-0.1, -0.05) is 12.1 Å². The third kappa shape index (κ3) is 4.15. The number of nitrogens with one attached hydrogen (secondary N) is 1. The van der Waals surface area contributed by atoms with Crippen LogP contribution in [0, 0.1) is 30.9 Å². The van der Waals surface area contributed by atoms with E-state index in [1.807, 2.05) is 32.0 Å². The van der Waals surface area contributed by atoms with Crippen molar-refractivity contribution in [2.45, 2.75) is 20.8 Å². The molecule has 0 fully saturated rings. The van der Waals surface area contributed by atoms with Crippen LogP contribution in [0.2, 0.25) is 0 Å². The van der Waals surface area contributed by atoms with Crippen molar-refractivity contribution in [2.24, 2.45) is 0 Å². The fourth-order valence-corrected chi connectivity index (χ4v) is 2.68. The number of nitro benzene ring substituents is 1. The molecule has 3 aromatic rings. The van der Waals surface area contributed by atoms with Gasteiger partial charge in [0.25, 0.3) is 11.6 Å². The molecule has 142 valence electrons. The normalized spacial score (nSPS) is 10.4. The van der Waals surface area contributed by atoms with Gasteiger partial charge in [0, 0.05) is 23.3 Å². The van der Waals surface area contributed by atoms with Gasteiger partial charge in [-0.2, -0.15) is 0 Å². The summed E-state index contributed by atoms with van der Waals surface area (Å²) in [4.78, 5) is 27.2. The Balaban J connectivity index is 1.72. The second kappa shape index (κ2) is 7.87. The first-order valence-electron chi connectivity index (χ1n) is 8.61. The third-order valence-electron chi connectivity index (χ3n) is 4.44. The van der Waals surface area contributed by atoms with Gasteiger partial charge in [-0.15, -0.1) is 0 Å². The zero-order valence-electron chi connectivity index (χ0n) is 15.7. The maximum Gasteiger partial charge on any atom is 0.273 e. The van der Waals surface area contributed by atoms with Crippen LogP contribution < -0.4 is 10.1 Å². The fraction of sp³-hybridized carbons (Fsp3) is 0.143. The summed E-state index contributed by atoms with van der Waals surface area (Å²) in [5.41, 5.74) is 3.21. The number of amides is 1. The molecular weight excluding hydrogens is 358 g/mol. The Morgan fingerprint density at radius 3 is 2.50 bits per heavy atom. The number of nitro groups is 1. The van der Waals surface area contributed by atoms with Gasteiger partial charge >= 0.3 is 0 Å². The number of aryl methyl sites for hydroxylation is 2. The third-order valence-corrected chi connectivity index (χ3v) is 4.44. The molecule has 0 aliphatic heterocycles. The molecule has 7 nitrogen and oxygen atoms in total. The van der Waals surface area contributed by atoms with Crippen LogP contribution >= 0.6 is 0 Å². The molecule has 0 saturated heterocycles. The quantitative estimate of drug-likeness (QED) is 0.501. The van der Waals surface area contributed by atoms with Crippen molar-refractivity contribution in [3.05, 3.63) is 87.1 Å². The van der Waals surface area contributed by atoms with E-state index in [4.69, 9.17) is 4.74 Å². The monoisotopic (exact) mass is 377 g/mol. The number of rotatable bonds is 5. The van der Waals surface area contributed by atoms with Crippen LogP contribution in [0.3, 0.4) is 0 Å². The standard InChI is InChI=1S/C21H19N3O4/c1-13-7-9-17(11-14(13)2)28-20-10-8-16(12-22-20)23-21(25)18-5-4-6-19(15(18)3)24(26)27/h4-12H,1-3H3,(H,23,25). The number of carbonyl (C=O) groups is 1. The van der Waals surface area contributed by atoms with E-state index in [0.717, 1.165) is 5.56 Å². The molecule has 0 aliphatic carbocycles. The zero-order chi connectivity index (χ0) is 20.3. The first-order chi connectivity index (χ1) is 13.3. The van der Waals surface area contributed by atoms with Gasteiger partial charge in [0.15, 0.2) is 0 Å². The minimum absolute atomic E-state index is 0.0945. The van der Waals surface area contributed by atoms with Crippen LogP contribution in [0.5, 0.6) is 11.6 Å². The predicted octanol–water partition coefficient (Wildman–Crippen LogP) is 4.96. The van der Waals surface area contributed by atoms with E-state index in [0.29, 0.717) is 22.9 Å². The molecule has 0 unspecified atom stereocenters. The Morgan fingerprint density at radius 2 is 1.86 bits per heavy atom. The molecule has 0 saturated carbocycles. The Labute approximate surface area is 162 Å². The van der Waals surface area contributed by atoms with E-state index in [2.05, 4.69) is 10.3 Å². The summed E-state index contributed by atoms with van der Waals surface area (Å²) in [6.45, 7) is 5.58. The molecular formula is C21H19N3O4. The fourth-order valence-electron chi connectivity index (χ4n) is 2.68. The van der Waals surface area contributed by atoms with Gasteiger partial charge < -0.3 is 10.1 Å². The number of anilines is 1. The predicted molar refractivity (Wildman–Crippen MR) is 106 cm³/mol. The molecule has 0 atom stereocenters. The van der Waals surface area contributed by atoms with E-state index in [1.165, 1.54) is 23.9 Å². The first-order valence-corrected chi connectivity index (χ1v) is 8.61. The van der Waals surface area contributed by atoms with Crippen LogP contribution in [0.1, 0.15) is 27.0 Å². The van der Waals surface area contributed by atoms with E-state index in [1.54, 1.807) is 25.1 Å². The van der Waals surface area contributed by atoms with Crippen molar-refractivity contribution in [3.63, 3.8) is 0 Å². The van der Waals surface area contributed by atoms with Crippen LogP contribution in [-0.4, -0.2) is 15.8 Å². The maximum atomic E-state index is 12.5. The Hall–Kier alpha value is -3.74. The highest BCUT2D eigenvalue weighted by molar-refractivity contribution is 6.05. The SMILES string of the molecule is Cc1ccc(Oc2ccc(NC(=O)c3cccc([N+](=O)[O-])c3C)cn2)cc1C. The summed E-state index contributed by atoms with van der Waals surface area (Å²) in [6.07, 6.45) is 1.47. The summed E-state index contributed by atoms with van der Waals surface area (Å²) < 4.78 is 5.72. The zero-order valence-corrected chi connectivity index (χ0v) is 15.7. The highest BCUT2D eigenvalue weighted by Crippen LogP contribution is 2.24. The lowest BCUT2D eigenvalue weighted by molar-refractivity contribution is -0.385. The van der Waals surface area contributed by atoms with Crippen molar-refractivity contribution in [1.29, 1.82) is 0 Å². The topological polar surface area (TPSA) is 94.4 Å². The number of nitrogens with zero attached hydrogens (tertiary/aromatic N) is 2. The molecule has 2 aromatic carbocycles. The van der Waals surface area contributed by atoms with Crippen LogP contribution in [-0.2, 0) is 0 Å². The Morgan fingerprint density at radius 1 is 1.07 bits per heavy atom. The number of carbonyl (C=O) groups excluding carboxylic acids is 1. The van der Waals surface area contributed by atoms with Crippen molar-refractivity contribution < 1.29 is 14.5 Å². The van der Waals surface area contributed by atoms with E-state index in [-0.39, 0.29) is 11.3 Å². The van der Waals surface area contributed by atoms with Crippen LogP contribution in [0.4, 0.5) is 11.4 Å². The van der Waals surface area contributed by atoms with E-state index >= 15 is 0 Å². The second-order valence-corrected chi connectivity index (χ2v) is 6.39. The molecule has 1 aromatic heterocycles. The average Bonchev–Trinajstić information content (AvgIpc) is 2.66. The van der Waals surface area contributed by atoms with Crippen molar-refractivity contribution in [2.75, 3.05) is 5.32 Å². The second-order valence-electron chi connectivity index (χ2n) is 6.39. The van der Waals surface area contributed by atoms with Gasteiger partial charge in [0.2, 0.25) is 5.88 Å². The molecule has 1 N–H and O–H groups in total. The Bertz CT molecular complexity index is 1050. The number of pyridine rings is 1. The largest absolute Gasteiger partial charge is 0.439 e. The molecule has 3 rings (SSSR count). The highest BCUT2D eigenvalue weighted by atomic mass is 16.6. The smallest absolute Gasteiger partial charge is 0.273 e. The highest BCUT2D eigenvalue weighted by Gasteiger charge is 2.18. The van der Waals surface area contributed by atoms with Gasteiger partial charge in [-0.05, 0) is 56.2 Å². The van der Waals surface area contributed by atoms with Gasteiger partial charge in [0.1, 0.15) is 5.75 Å². The van der Waals surface area contributed by atoms with Gasteiger partial charge in [-0.25, -0.2) is 4.98 Å². The number of aromatic nitrogens is 1. The summed E-state index contributed by atoms with van der Waals surface area (Å²) in [5, 5.41) is 13.7. The van der Waals surface area contributed by atoms with Crippen LogP contribution in [0.15, 0.2) is 54.7 Å². The first kappa shape index (κ1) is 19.0. The number of hydrogen-bond donors (Lipinski definition) is 1. The van der Waals surface area contributed by atoms with Gasteiger partial charge in [-0.3, -0.25) is 14.9 Å². The van der Waals surface area contributed by atoms with Crippen molar-refractivity contribution in [3.8, 4) is 11.6 Å². The molecule has 0 radical (unpaired) electrons. The lowest BCUT2D eigenvalue weighted by atomic mass is 10.1. The minimum Gasteiger partial charge on any atom is -0.439 e. The summed E-state index contributed by atoms with van der Waals surface area (Å²) in [6, 6.07) is 13.5. The number of ether oxygens (including phenoxy) is 1. The summed E-state index contributed by atoms with van der Waals surface area (Å²) >= 11 is 0. The average molecular weight is 377 g/mol. The Kier molecular flexibility index (Phi) is 5.35. The van der Waals surface area contributed by atoms with Crippen molar-refractivity contribution >= 4 is 17.3 Å². The van der Waals surface area contributed by atoms with E-state index in [9.17, 15) is 14.9 Å². The molecule has 1 amide bonds. The lowest BCUT2D eigenvalue weighted by Gasteiger charge is -2.09. The molecule has 7 heteroatoms. The summed E-state index contributed by atoms with van der Waals surface area (Å²) in [5.74, 6) is 0.637. The molecule has 0 bridgehead atoms. The lowest BCUT2D eigenvalue weighted by Crippen LogP contribution is -2.14. The van der Waals surface area contributed by atoms with Crippen LogP contribution in [0.25, 0.3) is 0 Å². The molecule has 1 heterocycles. The number of benzene rings is 2. The van der Waals surface area contributed by atoms with Crippen molar-refractivity contribution in [1.82, 2.24) is 4.98 Å². The molecule has 0 spiro atoms. The number of hydrogen-bond acceptors (Lipinski definition) is 5. The summed E-state index contributed by atoms with van der Waals surface area (Å²) in [7, 11) is 0. The van der Waals surface area contributed by atoms with Gasteiger partial charge in [0.05, 0.1) is 16.8 Å². The maximum absolute atomic E-state index is 12.5. The molecule has 0 aliphatic rings. The minimum atomic E-state index is -0.507. The molecule has 28 heavy (non-hydrogen) atoms. The van der Waals surface area contributed by atoms with E-state index < -0.39 is 10.8 Å².